The minimum Gasteiger partial charge on any atom is -0.309 e. The Morgan fingerprint density at radius 3 is 2.00 bits per heavy atom. The van der Waals surface area contributed by atoms with Gasteiger partial charge < -0.3 is 5.32 Å². The van der Waals surface area contributed by atoms with Crippen molar-refractivity contribution in [1.82, 2.24) is 10.2 Å². The van der Waals surface area contributed by atoms with Crippen molar-refractivity contribution in [2.45, 2.75) is 31.5 Å². The molecule has 3 aromatic carbocycles. The van der Waals surface area contributed by atoms with E-state index in [1.54, 1.807) is 0 Å². The number of hydrogen-bond donors (Lipinski definition) is 1. The molecule has 1 fully saturated rings. The second kappa shape index (κ2) is 8.98. The molecule has 0 bridgehead atoms. The Morgan fingerprint density at radius 1 is 0.741 bits per heavy atom. The van der Waals surface area contributed by atoms with Crippen LogP contribution in [0.3, 0.4) is 0 Å². The van der Waals surface area contributed by atoms with Gasteiger partial charge in [0.2, 0.25) is 0 Å². The summed E-state index contributed by atoms with van der Waals surface area (Å²) in [5, 5.41) is 3.84. The number of rotatable bonds is 6. The van der Waals surface area contributed by atoms with Crippen LogP contribution in [-0.4, -0.2) is 24.0 Å². The molecule has 0 saturated carbocycles. The first-order valence-corrected chi connectivity index (χ1v) is 9.97. The van der Waals surface area contributed by atoms with Gasteiger partial charge in [-0.3, -0.25) is 4.90 Å². The first-order valence-electron chi connectivity index (χ1n) is 9.97. The maximum Gasteiger partial charge on any atom is 0.0234 e. The molecule has 0 aromatic heterocycles. The van der Waals surface area contributed by atoms with E-state index >= 15 is 0 Å². The van der Waals surface area contributed by atoms with Crippen molar-refractivity contribution in [1.29, 1.82) is 0 Å². The van der Waals surface area contributed by atoms with Crippen LogP contribution in [-0.2, 0) is 13.1 Å². The van der Waals surface area contributed by atoms with Crippen LogP contribution < -0.4 is 5.32 Å². The number of piperidine rings is 1. The van der Waals surface area contributed by atoms with E-state index in [-0.39, 0.29) is 0 Å². The number of likely N-dealkylation sites (tertiary alicyclic amines) is 1. The maximum absolute atomic E-state index is 3.84. The monoisotopic (exact) mass is 356 g/mol. The maximum atomic E-state index is 3.84. The minimum absolute atomic E-state index is 0.514. The standard InChI is InChI=1S/C25H28N2/c1-4-10-21(11-5-1)18-26-25-16-17-27(19-22-12-6-2-7-13-22)20-24(25)23-14-8-3-9-15-23/h1-15,24-26H,16-20H2. The van der Waals surface area contributed by atoms with Crippen LogP contribution in [0.5, 0.6) is 0 Å². The predicted octanol–water partition coefficient (Wildman–Crippen LogP) is 4.83. The van der Waals surface area contributed by atoms with E-state index in [1.165, 1.54) is 23.1 Å². The van der Waals surface area contributed by atoms with E-state index < -0.39 is 0 Å². The molecular weight excluding hydrogens is 328 g/mol. The normalized spacial score (nSPS) is 20.4. The van der Waals surface area contributed by atoms with Gasteiger partial charge in [0.25, 0.3) is 0 Å². The SMILES string of the molecule is c1ccc(CNC2CCN(Cc3ccccc3)CC2c2ccccc2)cc1. The molecule has 1 aliphatic rings. The lowest BCUT2D eigenvalue weighted by atomic mass is 9.85. The zero-order valence-electron chi connectivity index (χ0n) is 15.8. The Kier molecular flexibility index (Phi) is 5.98. The number of hydrogen-bond acceptors (Lipinski definition) is 2. The molecule has 2 nitrogen and oxygen atoms in total. The van der Waals surface area contributed by atoms with Gasteiger partial charge in [0.15, 0.2) is 0 Å². The third-order valence-electron chi connectivity index (χ3n) is 5.58. The molecule has 4 rings (SSSR count). The van der Waals surface area contributed by atoms with Crippen molar-refractivity contribution in [3.63, 3.8) is 0 Å². The Labute approximate surface area is 162 Å². The minimum atomic E-state index is 0.514. The van der Waals surface area contributed by atoms with Crippen molar-refractivity contribution in [2.75, 3.05) is 13.1 Å². The summed E-state index contributed by atoms with van der Waals surface area (Å²) >= 11 is 0. The van der Waals surface area contributed by atoms with Gasteiger partial charge in [-0.2, -0.15) is 0 Å². The van der Waals surface area contributed by atoms with Crippen LogP contribution >= 0.6 is 0 Å². The van der Waals surface area contributed by atoms with E-state index in [1.807, 2.05) is 0 Å². The molecule has 0 radical (unpaired) electrons. The highest BCUT2D eigenvalue weighted by Crippen LogP contribution is 2.28. The van der Waals surface area contributed by atoms with E-state index in [9.17, 15) is 0 Å². The van der Waals surface area contributed by atoms with Gasteiger partial charge in [-0.15, -0.1) is 0 Å². The summed E-state index contributed by atoms with van der Waals surface area (Å²) in [6.07, 6.45) is 1.18. The second-order valence-corrected chi connectivity index (χ2v) is 7.50. The highest BCUT2D eigenvalue weighted by molar-refractivity contribution is 5.24. The largest absolute Gasteiger partial charge is 0.309 e. The Balaban J connectivity index is 1.46. The van der Waals surface area contributed by atoms with Gasteiger partial charge in [0.1, 0.15) is 0 Å². The predicted molar refractivity (Wildman–Crippen MR) is 113 cm³/mol. The quantitative estimate of drug-likeness (QED) is 0.680. The zero-order valence-corrected chi connectivity index (χ0v) is 15.8. The molecule has 2 unspecified atom stereocenters. The summed E-state index contributed by atoms with van der Waals surface area (Å²) in [6, 6.07) is 33.1. The summed E-state index contributed by atoms with van der Waals surface area (Å²) in [7, 11) is 0. The highest BCUT2D eigenvalue weighted by Gasteiger charge is 2.30. The van der Waals surface area contributed by atoms with Crippen molar-refractivity contribution >= 4 is 0 Å². The van der Waals surface area contributed by atoms with Crippen LogP contribution in [0.4, 0.5) is 0 Å². The average Bonchev–Trinajstić information content (AvgIpc) is 2.75. The molecule has 1 aliphatic heterocycles. The Bertz CT molecular complexity index is 802. The smallest absolute Gasteiger partial charge is 0.0234 e. The molecule has 2 heteroatoms. The van der Waals surface area contributed by atoms with Gasteiger partial charge in [-0.25, -0.2) is 0 Å². The molecule has 0 spiro atoms. The van der Waals surface area contributed by atoms with Crippen LogP contribution in [0.1, 0.15) is 29.0 Å². The molecule has 138 valence electrons. The van der Waals surface area contributed by atoms with Crippen molar-refractivity contribution in [3.8, 4) is 0 Å². The third kappa shape index (κ3) is 4.85. The molecule has 2 atom stereocenters. The van der Waals surface area contributed by atoms with Crippen LogP contribution in [0, 0.1) is 0 Å². The molecule has 1 saturated heterocycles. The van der Waals surface area contributed by atoms with Gasteiger partial charge in [-0.1, -0.05) is 91.0 Å². The topological polar surface area (TPSA) is 15.3 Å². The van der Waals surface area contributed by atoms with Crippen LogP contribution in [0.15, 0.2) is 91.0 Å². The van der Waals surface area contributed by atoms with E-state index in [4.69, 9.17) is 0 Å². The third-order valence-corrected chi connectivity index (χ3v) is 5.58. The molecular formula is C25H28N2. The molecule has 1 heterocycles. The lowest BCUT2D eigenvalue weighted by molar-refractivity contribution is 0.166. The van der Waals surface area contributed by atoms with E-state index in [2.05, 4.69) is 101 Å². The summed E-state index contributed by atoms with van der Waals surface area (Å²) in [6.45, 7) is 4.22. The van der Waals surface area contributed by atoms with E-state index in [0.29, 0.717) is 12.0 Å². The van der Waals surface area contributed by atoms with Crippen LogP contribution in [0.2, 0.25) is 0 Å². The summed E-state index contributed by atoms with van der Waals surface area (Å²) < 4.78 is 0. The summed E-state index contributed by atoms with van der Waals surface area (Å²) in [4.78, 5) is 2.60. The highest BCUT2D eigenvalue weighted by atomic mass is 15.1. The lowest BCUT2D eigenvalue weighted by Gasteiger charge is -2.39. The Hall–Kier alpha value is -2.42. The fourth-order valence-corrected chi connectivity index (χ4v) is 4.13. The zero-order chi connectivity index (χ0) is 18.3. The average molecular weight is 357 g/mol. The first kappa shape index (κ1) is 18.0. The Morgan fingerprint density at radius 2 is 1.33 bits per heavy atom. The van der Waals surface area contributed by atoms with Gasteiger partial charge in [0.05, 0.1) is 0 Å². The molecule has 1 N–H and O–H groups in total. The summed E-state index contributed by atoms with van der Waals surface area (Å²) in [5.41, 5.74) is 4.21. The van der Waals surface area contributed by atoms with Gasteiger partial charge in [-0.05, 0) is 23.1 Å². The van der Waals surface area contributed by atoms with Gasteiger partial charge >= 0.3 is 0 Å². The molecule has 27 heavy (non-hydrogen) atoms. The molecule has 3 aromatic rings. The first-order chi connectivity index (χ1) is 13.4. The number of nitrogens with one attached hydrogen (secondary N) is 1. The van der Waals surface area contributed by atoms with E-state index in [0.717, 1.165) is 26.2 Å². The van der Waals surface area contributed by atoms with Crippen molar-refractivity contribution in [2.24, 2.45) is 0 Å². The molecule has 0 amide bonds. The fourth-order valence-electron chi connectivity index (χ4n) is 4.13. The lowest BCUT2D eigenvalue weighted by Crippen LogP contribution is -2.47. The molecule has 0 aliphatic carbocycles. The van der Waals surface area contributed by atoms with Crippen molar-refractivity contribution < 1.29 is 0 Å². The van der Waals surface area contributed by atoms with Gasteiger partial charge in [0, 0.05) is 38.1 Å². The second-order valence-electron chi connectivity index (χ2n) is 7.50. The fraction of sp³-hybridized carbons (Fsp3) is 0.280. The number of benzene rings is 3. The van der Waals surface area contributed by atoms with Crippen molar-refractivity contribution in [3.05, 3.63) is 108 Å². The van der Waals surface area contributed by atoms with Crippen LogP contribution in [0.25, 0.3) is 0 Å². The number of nitrogens with zero attached hydrogens (tertiary/aromatic N) is 1. The summed E-state index contributed by atoms with van der Waals surface area (Å²) in [5.74, 6) is 0.521.